The Balaban J connectivity index is 1.60. The number of hydrogen-bond donors (Lipinski definition) is 2. The van der Waals surface area contributed by atoms with Gasteiger partial charge in [0.15, 0.2) is 5.75 Å². The van der Waals surface area contributed by atoms with Crippen LogP contribution in [-0.2, 0) is 11.2 Å². The third-order valence-corrected chi connectivity index (χ3v) is 6.33. The van der Waals surface area contributed by atoms with Crippen molar-refractivity contribution in [2.45, 2.75) is 31.6 Å². The number of para-hydroxylation sites is 1. The van der Waals surface area contributed by atoms with Crippen molar-refractivity contribution in [1.82, 2.24) is 10.3 Å². The second-order valence-corrected chi connectivity index (χ2v) is 8.80. The molecular formula is C23H23N3O2S. The molecule has 0 radical (unpaired) electrons. The Kier molecular flexibility index (Phi) is 4.59. The number of fused-ring (bicyclic) bond motifs is 4. The molecule has 2 aliphatic rings. The molecule has 2 aliphatic heterocycles. The molecule has 0 aliphatic carbocycles. The van der Waals surface area contributed by atoms with Crippen molar-refractivity contribution in [3.8, 4) is 16.9 Å². The van der Waals surface area contributed by atoms with Crippen molar-refractivity contribution in [3.63, 3.8) is 0 Å². The molecule has 2 N–H and O–H groups in total. The zero-order chi connectivity index (χ0) is 20.0. The molecule has 1 amide bonds. The number of anilines is 2. The maximum atomic E-state index is 12.1. The minimum Gasteiger partial charge on any atom is -0.479 e. The number of thioether (sulfide) groups is 1. The van der Waals surface area contributed by atoms with Gasteiger partial charge in [-0.15, -0.1) is 0 Å². The highest BCUT2D eigenvalue weighted by Gasteiger charge is 2.30. The first-order chi connectivity index (χ1) is 14.1. The summed E-state index contributed by atoms with van der Waals surface area (Å²) in [6.07, 6.45) is 3.17. The number of carbonyl (C=O) groups excluding carboxylic acids is 1. The zero-order valence-electron chi connectivity index (χ0n) is 16.5. The Bertz CT molecular complexity index is 1130. The number of rotatable bonds is 5. The number of nitrogens with zero attached hydrogens (tertiary/aromatic N) is 1. The zero-order valence-corrected chi connectivity index (χ0v) is 17.4. The first-order valence-electron chi connectivity index (χ1n) is 9.99. The average molecular weight is 406 g/mol. The maximum Gasteiger partial charge on any atom is 0.220 e. The van der Waals surface area contributed by atoms with Gasteiger partial charge in [0.05, 0.1) is 10.6 Å². The highest BCUT2D eigenvalue weighted by Crippen LogP contribution is 2.53. The third kappa shape index (κ3) is 3.12. The molecular weight excluding hydrogens is 382 g/mol. The van der Waals surface area contributed by atoms with Gasteiger partial charge >= 0.3 is 0 Å². The lowest BCUT2D eigenvalue weighted by molar-refractivity contribution is -0.121. The normalized spacial score (nSPS) is 13.6. The Labute approximate surface area is 174 Å². The number of pyridine rings is 1. The minimum absolute atomic E-state index is 0.107. The first-order valence-corrected chi connectivity index (χ1v) is 11.0. The molecule has 0 saturated carbocycles. The Morgan fingerprint density at radius 1 is 1.28 bits per heavy atom. The third-order valence-electron chi connectivity index (χ3n) is 5.37. The van der Waals surface area contributed by atoms with Crippen LogP contribution >= 0.6 is 11.8 Å². The number of amides is 1. The monoisotopic (exact) mass is 405 g/mol. The van der Waals surface area contributed by atoms with Crippen LogP contribution in [0.15, 0.2) is 41.4 Å². The number of benzene rings is 2. The van der Waals surface area contributed by atoms with Gasteiger partial charge in [0, 0.05) is 35.8 Å². The fraction of sp³-hybridized carbons (Fsp3) is 0.304. The van der Waals surface area contributed by atoms with Crippen LogP contribution in [0.1, 0.15) is 25.8 Å². The smallest absolute Gasteiger partial charge is 0.220 e. The molecule has 5 rings (SSSR count). The van der Waals surface area contributed by atoms with E-state index in [1.807, 2.05) is 12.3 Å². The maximum absolute atomic E-state index is 12.1. The van der Waals surface area contributed by atoms with Crippen LogP contribution in [0, 0.1) is 5.92 Å². The first kappa shape index (κ1) is 18.3. The lowest BCUT2D eigenvalue weighted by Gasteiger charge is -2.26. The van der Waals surface area contributed by atoms with Crippen molar-refractivity contribution < 1.29 is 9.53 Å². The lowest BCUT2D eigenvalue weighted by atomic mass is 9.91. The van der Waals surface area contributed by atoms with E-state index >= 15 is 0 Å². The summed E-state index contributed by atoms with van der Waals surface area (Å²) < 4.78 is 5.98. The molecule has 1 aromatic heterocycles. The van der Waals surface area contributed by atoms with Gasteiger partial charge < -0.3 is 15.4 Å². The van der Waals surface area contributed by atoms with Crippen LogP contribution in [0.2, 0.25) is 0 Å². The van der Waals surface area contributed by atoms with Crippen molar-refractivity contribution in [3.05, 3.63) is 42.1 Å². The van der Waals surface area contributed by atoms with E-state index in [1.54, 1.807) is 11.8 Å². The molecule has 0 fully saturated rings. The number of nitrogens with one attached hydrogen (secondary N) is 2. The molecule has 29 heavy (non-hydrogen) atoms. The Morgan fingerprint density at radius 2 is 2.14 bits per heavy atom. The minimum atomic E-state index is 0.107. The predicted molar refractivity (Wildman–Crippen MR) is 118 cm³/mol. The molecule has 5 nitrogen and oxygen atoms in total. The summed E-state index contributed by atoms with van der Waals surface area (Å²) in [5.41, 5.74) is 6.65. The molecule has 148 valence electrons. The van der Waals surface area contributed by atoms with E-state index in [0.717, 1.165) is 39.3 Å². The van der Waals surface area contributed by atoms with E-state index in [0.29, 0.717) is 24.8 Å². The van der Waals surface area contributed by atoms with Crippen LogP contribution in [0.5, 0.6) is 5.75 Å². The predicted octanol–water partition coefficient (Wildman–Crippen LogP) is 5.11. The Hall–Kier alpha value is -2.73. The van der Waals surface area contributed by atoms with E-state index in [4.69, 9.17) is 4.74 Å². The van der Waals surface area contributed by atoms with Crippen LogP contribution in [0.4, 0.5) is 11.4 Å². The molecule has 0 atom stereocenters. The van der Waals surface area contributed by atoms with Gasteiger partial charge in [-0.1, -0.05) is 43.8 Å². The van der Waals surface area contributed by atoms with Gasteiger partial charge in [-0.3, -0.25) is 9.78 Å². The number of aromatic nitrogens is 1. The van der Waals surface area contributed by atoms with Crippen LogP contribution in [-0.4, -0.2) is 23.4 Å². The molecule has 2 aromatic carbocycles. The number of carbonyl (C=O) groups is 1. The van der Waals surface area contributed by atoms with Crippen LogP contribution < -0.4 is 15.4 Å². The van der Waals surface area contributed by atoms with Gasteiger partial charge in [-0.2, -0.15) is 0 Å². The summed E-state index contributed by atoms with van der Waals surface area (Å²) in [6, 6.07) is 10.4. The quantitative estimate of drug-likeness (QED) is 0.483. The second kappa shape index (κ2) is 7.26. The molecule has 0 unspecified atom stereocenters. The highest BCUT2D eigenvalue weighted by atomic mass is 32.2. The second-order valence-electron chi connectivity index (χ2n) is 7.87. The summed E-state index contributed by atoms with van der Waals surface area (Å²) in [7, 11) is 0. The molecule has 0 spiro atoms. The summed E-state index contributed by atoms with van der Waals surface area (Å²) in [5.74, 6) is 1.94. The van der Waals surface area contributed by atoms with Gasteiger partial charge in [0.1, 0.15) is 11.5 Å². The average Bonchev–Trinajstić information content (AvgIpc) is 3.19. The summed E-state index contributed by atoms with van der Waals surface area (Å²) in [6.45, 7) is 4.73. The molecule has 6 heteroatoms. The molecule has 3 heterocycles. The van der Waals surface area contributed by atoms with Crippen molar-refractivity contribution in [2.75, 3.05) is 17.8 Å². The number of hydrogen-bond acceptors (Lipinski definition) is 5. The van der Waals surface area contributed by atoms with Crippen molar-refractivity contribution >= 4 is 39.9 Å². The van der Waals surface area contributed by atoms with Gasteiger partial charge in [-0.25, -0.2) is 0 Å². The van der Waals surface area contributed by atoms with E-state index < -0.39 is 0 Å². The van der Waals surface area contributed by atoms with Gasteiger partial charge in [0.25, 0.3) is 0 Å². The largest absolute Gasteiger partial charge is 0.479 e. The van der Waals surface area contributed by atoms with Crippen molar-refractivity contribution in [1.29, 1.82) is 0 Å². The van der Waals surface area contributed by atoms with Crippen LogP contribution in [0.3, 0.4) is 0 Å². The van der Waals surface area contributed by atoms with Gasteiger partial charge in [-0.05, 0) is 35.6 Å². The Morgan fingerprint density at radius 3 is 3.00 bits per heavy atom. The van der Waals surface area contributed by atoms with E-state index in [-0.39, 0.29) is 5.91 Å². The highest BCUT2D eigenvalue weighted by molar-refractivity contribution is 7.99. The fourth-order valence-electron chi connectivity index (χ4n) is 4.16. The van der Waals surface area contributed by atoms with E-state index in [9.17, 15) is 4.79 Å². The van der Waals surface area contributed by atoms with Crippen LogP contribution in [0.25, 0.3) is 22.0 Å². The number of ether oxygens (including phenoxy) is 1. The summed E-state index contributed by atoms with van der Waals surface area (Å²) in [4.78, 5) is 17.9. The topological polar surface area (TPSA) is 63.2 Å². The van der Waals surface area contributed by atoms with E-state index in [2.05, 4.69) is 53.7 Å². The molecule has 0 saturated heterocycles. The molecule has 3 aromatic rings. The summed E-state index contributed by atoms with van der Waals surface area (Å²) >= 11 is 1.70. The fourth-order valence-corrected chi connectivity index (χ4v) is 5.12. The van der Waals surface area contributed by atoms with Gasteiger partial charge in [0.2, 0.25) is 5.91 Å². The standard InChI is InChI=1S/C23H23N3O2S/c1-13(2)11-18(27)24-9-8-16-20-19-15(14-5-3-4-6-17(14)26-20)7-10-25-21(19)22-23(16)29-12-28-22/h3-7,10,13,26H,8-9,11-12H2,1-2H3,(H,24,27). The lowest BCUT2D eigenvalue weighted by Crippen LogP contribution is -2.27. The molecule has 0 bridgehead atoms. The SMILES string of the molecule is CC(C)CC(=O)NCCc1c2c(c3nccc4c3c1Nc1ccccc1-4)OCS2. The summed E-state index contributed by atoms with van der Waals surface area (Å²) in [5, 5.41) is 7.83. The van der Waals surface area contributed by atoms with E-state index in [1.165, 1.54) is 16.7 Å². The van der Waals surface area contributed by atoms with Crippen molar-refractivity contribution in [2.24, 2.45) is 5.92 Å².